The van der Waals surface area contributed by atoms with Crippen LogP contribution in [0.25, 0.3) is 0 Å². The summed E-state index contributed by atoms with van der Waals surface area (Å²) in [6, 6.07) is 3.00. The number of hydrogen-bond acceptors (Lipinski definition) is 2. The molecule has 6 heteroatoms. The molecular formula is C14H16ClF2N3. The second-order valence-corrected chi connectivity index (χ2v) is 5.41. The largest absolute Gasteiger partial charge is 0.322 e. The van der Waals surface area contributed by atoms with Gasteiger partial charge in [0.1, 0.15) is 11.6 Å². The molecule has 0 saturated carbocycles. The van der Waals surface area contributed by atoms with E-state index in [0.717, 1.165) is 6.07 Å². The van der Waals surface area contributed by atoms with Crippen molar-refractivity contribution in [2.75, 3.05) is 0 Å². The first-order chi connectivity index (χ1) is 9.38. The highest BCUT2D eigenvalue weighted by Crippen LogP contribution is 2.26. The molecule has 20 heavy (non-hydrogen) atoms. The van der Waals surface area contributed by atoms with E-state index in [1.807, 2.05) is 13.8 Å². The van der Waals surface area contributed by atoms with Crippen LogP contribution in [0.3, 0.4) is 0 Å². The van der Waals surface area contributed by atoms with Crippen molar-refractivity contribution in [2.45, 2.75) is 32.4 Å². The highest BCUT2D eigenvalue weighted by molar-refractivity contribution is 6.31. The molecule has 0 saturated heterocycles. The first-order valence-electron chi connectivity index (χ1n) is 6.32. The van der Waals surface area contributed by atoms with E-state index < -0.39 is 17.7 Å². The summed E-state index contributed by atoms with van der Waals surface area (Å²) >= 11 is 6.10. The van der Waals surface area contributed by atoms with Gasteiger partial charge < -0.3 is 5.73 Å². The Hall–Kier alpha value is -1.46. The van der Waals surface area contributed by atoms with Crippen LogP contribution in [0.4, 0.5) is 8.78 Å². The van der Waals surface area contributed by atoms with E-state index in [0.29, 0.717) is 16.3 Å². The SMILES string of the molecule is CC(C)n1ncc(Cl)c1C(N)Cc1cc(F)cc(F)c1. The van der Waals surface area contributed by atoms with E-state index in [9.17, 15) is 8.78 Å². The smallest absolute Gasteiger partial charge is 0.126 e. The Labute approximate surface area is 121 Å². The Bertz CT molecular complexity index is 590. The Morgan fingerprint density at radius 3 is 2.40 bits per heavy atom. The van der Waals surface area contributed by atoms with Gasteiger partial charge in [0, 0.05) is 12.1 Å². The van der Waals surface area contributed by atoms with Crippen LogP contribution >= 0.6 is 11.6 Å². The van der Waals surface area contributed by atoms with Gasteiger partial charge in [-0.15, -0.1) is 0 Å². The maximum Gasteiger partial charge on any atom is 0.126 e. The fraction of sp³-hybridized carbons (Fsp3) is 0.357. The zero-order chi connectivity index (χ0) is 14.9. The monoisotopic (exact) mass is 299 g/mol. The molecule has 0 amide bonds. The Kier molecular flexibility index (Phi) is 4.40. The minimum atomic E-state index is -0.615. The molecule has 1 aromatic carbocycles. The lowest BCUT2D eigenvalue weighted by Gasteiger charge is -2.17. The lowest BCUT2D eigenvalue weighted by molar-refractivity contribution is 0.484. The van der Waals surface area contributed by atoms with Crippen LogP contribution in [-0.4, -0.2) is 9.78 Å². The molecule has 1 aromatic heterocycles. The van der Waals surface area contributed by atoms with Crippen LogP contribution in [0, 0.1) is 11.6 Å². The van der Waals surface area contributed by atoms with Gasteiger partial charge in [-0.3, -0.25) is 4.68 Å². The maximum atomic E-state index is 13.2. The second-order valence-electron chi connectivity index (χ2n) is 5.00. The number of aromatic nitrogens is 2. The predicted molar refractivity (Wildman–Crippen MR) is 74.6 cm³/mol. The quantitative estimate of drug-likeness (QED) is 0.936. The summed E-state index contributed by atoms with van der Waals surface area (Å²) in [6.45, 7) is 3.92. The van der Waals surface area contributed by atoms with Crippen molar-refractivity contribution in [2.24, 2.45) is 5.73 Å². The van der Waals surface area contributed by atoms with Crippen LogP contribution in [0.15, 0.2) is 24.4 Å². The Morgan fingerprint density at radius 1 is 1.25 bits per heavy atom. The van der Waals surface area contributed by atoms with E-state index in [1.54, 1.807) is 4.68 Å². The molecule has 3 nitrogen and oxygen atoms in total. The van der Waals surface area contributed by atoms with Crippen LogP contribution in [-0.2, 0) is 6.42 Å². The lowest BCUT2D eigenvalue weighted by atomic mass is 10.0. The lowest BCUT2D eigenvalue weighted by Crippen LogP contribution is -2.20. The van der Waals surface area contributed by atoms with Gasteiger partial charge in [-0.25, -0.2) is 8.78 Å². The molecule has 0 fully saturated rings. The molecule has 1 atom stereocenters. The fourth-order valence-corrected chi connectivity index (χ4v) is 2.46. The topological polar surface area (TPSA) is 43.8 Å². The van der Waals surface area contributed by atoms with Crippen molar-refractivity contribution >= 4 is 11.6 Å². The molecule has 0 bridgehead atoms. The molecule has 2 rings (SSSR count). The predicted octanol–water partition coefficient (Wildman–Crippen LogP) is 3.64. The Balaban J connectivity index is 2.28. The molecule has 1 heterocycles. The van der Waals surface area contributed by atoms with Gasteiger partial charge in [0.25, 0.3) is 0 Å². The Morgan fingerprint density at radius 2 is 1.85 bits per heavy atom. The van der Waals surface area contributed by atoms with Crippen LogP contribution < -0.4 is 5.73 Å². The fourth-order valence-electron chi connectivity index (χ4n) is 2.19. The van der Waals surface area contributed by atoms with Crippen molar-refractivity contribution in [3.05, 3.63) is 52.3 Å². The zero-order valence-electron chi connectivity index (χ0n) is 11.3. The number of nitrogens with zero attached hydrogens (tertiary/aromatic N) is 2. The molecule has 2 N–H and O–H groups in total. The van der Waals surface area contributed by atoms with Gasteiger partial charge in [0.2, 0.25) is 0 Å². The van der Waals surface area contributed by atoms with Crippen molar-refractivity contribution < 1.29 is 8.78 Å². The van der Waals surface area contributed by atoms with Crippen molar-refractivity contribution in [3.63, 3.8) is 0 Å². The summed E-state index contributed by atoms with van der Waals surface area (Å²) in [5.74, 6) is -1.23. The summed E-state index contributed by atoms with van der Waals surface area (Å²) in [6.07, 6.45) is 1.82. The number of rotatable bonds is 4. The molecule has 2 aromatic rings. The summed E-state index contributed by atoms with van der Waals surface area (Å²) in [5.41, 5.74) is 7.28. The normalized spacial score (nSPS) is 12.9. The molecule has 0 aliphatic rings. The van der Waals surface area contributed by atoms with E-state index in [4.69, 9.17) is 17.3 Å². The minimum Gasteiger partial charge on any atom is -0.322 e. The summed E-state index contributed by atoms with van der Waals surface area (Å²) in [7, 11) is 0. The molecular weight excluding hydrogens is 284 g/mol. The molecule has 0 aliphatic carbocycles. The third kappa shape index (κ3) is 3.16. The number of hydrogen-bond donors (Lipinski definition) is 1. The summed E-state index contributed by atoms with van der Waals surface area (Å²) in [4.78, 5) is 0. The molecule has 0 spiro atoms. The van der Waals surface area contributed by atoms with Gasteiger partial charge in [-0.05, 0) is 38.0 Å². The van der Waals surface area contributed by atoms with E-state index >= 15 is 0 Å². The van der Waals surface area contributed by atoms with Gasteiger partial charge in [-0.2, -0.15) is 5.10 Å². The van der Waals surface area contributed by atoms with Crippen LogP contribution in [0.1, 0.15) is 37.2 Å². The zero-order valence-corrected chi connectivity index (χ0v) is 12.0. The van der Waals surface area contributed by atoms with E-state index in [2.05, 4.69) is 5.10 Å². The molecule has 1 unspecified atom stereocenters. The van der Waals surface area contributed by atoms with Gasteiger partial charge in [-0.1, -0.05) is 11.6 Å². The standard InChI is InChI=1S/C14H16ClF2N3/c1-8(2)20-14(12(15)7-19-20)13(18)5-9-3-10(16)6-11(17)4-9/h3-4,6-8,13H,5,18H2,1-2H3. The summed E-state index contributed by atoms with van der Waals surface area (Å²) in [5, 5.41) is 4.63. The average Bonchev–Trinajstić information content (AvgIpc) is 2.69. The summed E-state index contributed by atoms with van der Waals surface area (Å²) < 4.78 is 28.1. The number of benzene rings is 1. The van der Waals surface area contributed by atoms with Gasteiger partial charge >= 0.3 is 0 Å². The highest BCUT2D eigenvalue weighted by atomic mass is 35.5. The molecule has 0 radical (unpaired) electrons. The molecule has 0 aliphatic heterocycles. The van der Waals surface area contributed by atoms with Gasteiger partial charge in [0.05, 0.1) is 23.0 Å². The first kappa shape index (κ1) is 14.9. The van der Waals surface area contributed by atoms with Crippen LogP contribution in [0.2, 0.25) is 5.02 Å². The van der Waals surface area contributed by atoms with Crippen molar-refractivity contribution in [3.8, 4) is 0 Å². The molecule has 108 valence electrons. The average molecular weight is 300 g/mol. The third-order valence-corrected chi connectivity index (χ3v) is 3.30. The van der Waals surface area contributed by atoms with Crippen molar-refractivity contribution in [1.82, 2.24) is 9.78 Å². The number of halogens is 3. The van der Waals surface area contributed by atoms with Crippen LogP contribution in [0.5, 0.6) is 0 Å². The van der Waals surface area contributed by atoms with E-state index in [-0.39, 0.29) is 12.5 Å². The van der Waals surface area contributed by atoms with Crippen molar-refractivity contribution in [1.29, 1.82) is 0 Å². The maximum absolute atomic E-state index is 13.2. The second kappa shape index (κ2) is 5.89. The van der Waals surface area contributed by atoms with Gasteiger partial charge in [0.15, 0.2) is 0 Å². The first-order valence-corrected chi connectivity index (χ1v) is 6.69. The number of nitrogens with two attached hydrogens (primary N) is 1. The minimum absolute atomic E-state index is 0.104. The third-order valence-electron chi connectivity index (χ3n) is 3.01. The highest BCUT2D eigenvalue weighted by Gasteiger charge is 2.19. The van der Waals surface area contributed by atoms with E-state index in [1.165, 1.54) is 18.3 Å².